The first-order valence-electron chi connectivity index (χ1n) is 8.73. The van der Waals surface area contributed by atoms with Crippen molar-refractivity contribution >= 4 is 0 Å². The Kier molecular flexibility index (Phi) is 4.81. The number of likely N-dealkylation sites (tertiary alicyclic amines) is 1. The SMILES string of the molecule is CN1CCC(CNC2CCC3CCCCC3C2)CC1. The van der Waals surface area contributed by atoms with Gasteiger partial charge in [-0.05, 0) is 76.5 Å². The number of fused-ring (bicyclic) bond motifs is 1. The molecule has 110 valence electrons. The Balaban J connectivity index is 1.39. The molecule has 2 saturated carbocycles. The molecular formula is C17H32N2. The summed E-state index contributed by atoms with van der Waals surface area (Å²) in [6, 6.07) is 0.846. The lowest BCUT2D eigenvalue weighted by Gasteiger charge is -2.40. The van der Waals surface area contributed by atoms with Crippen LogP contribution in [-0.4, -0.2) is 37.6 Å². The van der Waals surface area contributed by atoms with Crippen LogP contribution in [0.4, 0.5) is 0 Å². The van der Waals surface area contributed by atoms with Crippen molar-refractivity contribution < 1.29 is 0 Å². The number of rotatable bonds is 3. The van der Waals surface area contributed by atoms with Gasteiger partial charge in [-0.25, -0.2) is 0 Å². The van der Waals surface area contributed by atoms with Gasteiger partial charge in [0.25, 0.3) is 0 Å². The van der Waals surface area contributed by atoms with Crippen molar-refractivity contribution in [3.63, 3.8) is 0 Å². The molecule has 1 heterocycles. The molecule has 19 heavy (non-hydrogen) atoms. The van der Waals surface area contributed by atoms with Crippen molar-refractivity contribution in [2.45, 2.75) is 63.8 Å². The second kappa shape index (κ2) is 6.58. The molecule has 2 nitrogen and oxygen atoms in total. The summed E-state index contributed by atoms with van der Waals surface area (Å²) in [7, 11) is 2.26. The van der Waals surface area contributed by atoms with Crippen molar-refractivity contribution in [3.05, 3.63) is 0 Å². The largest absolute Gasteiger partial charge is 0.314 e. The van der Waals surface area contributed by atoms with E-state index in [1.165, 1.54) is 77.4 Å². The molecule has 1 saturated heterocycles. The van der Waals surface area contributed by atoms with Crippen molar-refractivity contribution in [2.75, 3.05) is 26.7 Å². The maximum Gasteiger partial charge on any atom is 0.00700 e. The highest BCUT2D eigenvalue weighted by Gasteiger charge is 2.32. The Morgan fingerprint density at radius 3 is 2.42 bits per heavy atom. The summed E-state index contributed by atoms with van der Waals surface area (Å²) in [5.41, 5.74) is 0. The first kappa shape index (κ1) is 13.9. The summed E-state index contributed by atoms with van der Waals surface area (Å²) in [5.74, 6) is 3.10. The third kappa shape index (κ3) is 3.72. The molecule has 0 aromatic rings. The number of piperidine rings is 1. The molecule has 3 rings (SSSR count). The molecule has 2 aliphatic carbocycles. The van der Waals surface area contributed by atoms with Crippen LogP contribution in [0.15, 0.2) is 0 Å². The van der Waals surface area contributed by atoms with Gasteiger partial charge in [0.05, 0.1) is 0 Å². The van der Waals surface area contributed by atoms with E-state index in [2.05, 4.69) is 17.3 Å². The predicted molar refractivity (Wildman–Crippen MR) is 81.3 cm³/mol. The Labute approximate surface area is 119 Å². The highest BCUT2D eigenvalue weighted by atomic mass is 15.1. The van der Waals surface area contributed by atoms with Crippen LogP contribution in [0.5, 0.6) is 0 Å². The van der Waals surface area contributed by atoms with E-state index in [-0.39, 0.29) is 0 Å². The second-order valence-electron chi connectivity index (χ2n) is 7.47. The van der Waals surface area contributed by atoms with E-state index in [4.69, 9.17) is 0 Å². The molecule has 3 atom stereocenters. The first-order valence-corrected chi connectivity index (χ1v) is 8.73. The van der Waals surface area contributed by atoms with Gasteiger partial charge in [0, 0.05) is 6.04 Å². The lowest BCUT2D eigenvalue weighted by atomic mass is 9.69. The van der Waals surface area contributed by atoms with Crippen molar-refractivity contribution in [1.82, 2.24) is 10.2 Å². The molecule has 0 radical (unpaired) electrons. The highest BCUT2D eigenvalue weighted by Crippen LogP contribution is 2.40. The molecule has 0 spiro atoms. The minimum absolute atomic E-state index is 0.846. The van der Waals surface area contributed by atoms with Gasteiger partial charge in [-0.3, -0.25) is 0 Å². The van der Waals surface area contributed by atoms with Crippen LogP contribution >= 0.6 is 0 Å². The molecule has 3 aliphatic rings. The van der Waals surface area contributed by atoms with Crippen LogP contribution in [0.25, 0.3) is 0 Å². The Hall–Kier alpha value is -0.0800. The fraction of sp³-hybridized carbons (Fsp3) is 1.00. The molecular weight excluding hydrogens is 232 g/mol. The van der Waals surface area contributed by atoms with Gasteiger partial charge in [-0.2, -0.15) is 0 Å². The van der Waals surface area contributed by atoms with Crippen LogP contribution < -0.4 is 5.32 Å². The van der Waals surface area contributed by atoms with E-state index < -0.39 is 0 Å². The van der Waals surface area contributed by atoms with E-state index in [1.54, 1.807) is 0 Å². The number of hydrogen-bond acceptors (Lipinski definition) is 2. The van der Waals surface area contributed by atoms with Gasteiger partial charge < -0.3 is 10.2 Å². The average molecular weight is 264 g/mol. The minimum Gasteiger partial charge on any atom is -0.314 e. The minimum atomic E-state index is 0.846. The summed E-state index contributed by atoms with van der Waals surface area (Å²) in [6.07, 6.45) is 13.3. The molecule has 3 fully saturated rings. The van der Waals surface area contributed by atoms with Gasteiger partial charge in [-0.15, -0.1) is 0 Å². The molecule has 0 amide bonds. The van der Waals surface area contributed by atoms with Crippen LogP contribution in [0.1, 0.15) is 57.8 Å². The highest BCUT2D eigenvalue weighted by molar-refractivity contribution is 4.86. The van der Waals surface area contributed by atoms with E-state index in [9.17, 15) is 0 Å². The summed E-state index contributed by atoms with van der Waals surface area (Å²) < 4.78 is 0. The topological polar surface area (TPSA) is 15.3 Å². The monoisotopic (exact) mass is 264 g/mol. The molecule has 1 N–H and O–H groups in total. The summed E-state index contributed by atoms with van der Waals surface area (Å²) in [5, 5.41) is 3.92. The average Bonchev–Trinajstić information content (AvgIpc) is 2.46. The standard InChI is InChI=1S/C17H32N2/c1-19-10-8-14(9-11-19)13-18-17-7-6-15-4-2-3-5-16(15)12-17/h14-18H,2-13H2,1H3. The van der Waals surface area contributed by atoms with Crippen LogP contribution in [0, 0.1) is 17.8 Å². The first-order chi connectivity index (χ1) is 9.31. The molecule has 0 aromatic heterocycles. The third-order valence-corrected chi connectivity index (χ3v) is 6.07. The zero-order valence-corrected chi connectivity index (χ0v) is 12.7. The Morgan fingerprint density at radius 2 is 1.63 bits per heavy atom. The Bertz CT molecular complexity index is 270. The van der Waals surface area contributed by atoms with E-state index in [0.717, 1.165) is 23.8 Å². The summed E-state index contributed by atoms with van der Waals surface area (Å²) >= 11 is 0. The molecule has 0 aromatic carbocycles. The molecule has 1 aliphatic heterocycles. The van der Waals surface area contributed by atoms with Gasteiger partial charge in [0.15, 0.2) is 0 Å². The Morgan fingerprint density at radius 1 is 0.895 bits per heavy atom. The van der Waals surface area contributed by atoms with E-state index >= 15 is 0 Å². The quantitative estimate of drug-likeness (QED) is 0.841. The summed E-state index contributed by atoms with van der Waals surface area (Å²) in [4.78, 5) is 2.48. The van der Waals surface area contributed by atoms with Gasteiger partial charge in [0.1, 0.15) is 0 Å². The number of nitrogens with zero attached hydrogens (tertiary/aromatic N) is 1. The smallest absolute Gasteiger partial charge is 0.00700 e. The zero-order valence-electron chi connectivity index (χ0n) is 12.7. The lowest BCUT2D eigenvalue weighted by molar-refractivity contribution is 0.137. The van der Waals surface area contributed by atoms with E-state index in [1.807, 2.05) is 0 Å². The van der Waals surface area contributed by atoms with Crippen LogP contribution in [0.3, 0.4) is 0 Å². The maximum atomic E-state index is 3.92. The predicted octanol–water partition coefficient (Wildman–Crippen LogP) is 3.28. The normalized spacial score (nSPS) is 38.1. The third-order valence-electron chi connectivity index (χ3n) is 6.07. The fourth-order valence-corrected chi connectivity index (χ4v) is 4.66. The molecule has 3 unspecified atom stereocenters. The molecule has 0 bridgehead atoms. The van der Waals surface area contributed by atoms with Crippen molar-refractivity contribution in [1.29, 1.82) is 0 Å². The summed E-state index contributed by atoms with van der Waals surface area (Å²) in [6.45, 7) is 3.90. The van der Waals surface area contributed by atoms with Gasteiger partial charge in [0.2, 0.25) is 0 Å². The zero-order chi connectivity index (χ0) is 13.1. The van der Waals surface area contributed by atoms with Gasteiger partial charge >= 0.3 is 0 Å². The fourth-order valence-electron chi connectivity index (χ4n) is 4.66. The van der Waals surface area contributed by atoms with E-state index in [0.29, 0.717) is 0 Å². The van der Waals surface area contributed by atoms with Crippen molar-refractivity contribution in [2.24, 2.45) is 17.8 Å². The lowest BCUT2D eigenvalue weighted by Crippen LogP contribution is -2.42. The maximum absolute atomic E-state index is 3.92. The molecule has 2 heteroatoms. The van der Waals surface area contributed by atoms with Crippen molar-refractivity contribution in [3.8, 4) is 0 Å². The second-order valence-corrected chi connectivity index (χ2v) is 7.47. The van der Waals surface area contributed by atoms with Gasteiger partial charge in [-0.1, -0.05) is 25.7 Å². The number of hydrogen-bond donors (Lipinski definition) is 1. The van der Waals surface area contributed by atoms with Crippen LogP contribution in [-0.2, 0) is 0 Å². The number of nitrogens with one attached hydrogen (secondary N) is 1. The van der Waals surface area contributed by atoms with Crippen LogP contribution in [0.2, 0.25) is 0 Å².